The molecule has 138 valence electrons. The van der Waals surface area contributed by atoms with Crippen molar-refractivity contribution in [2.24, 2.45) is 5.92 Å². The minimum Gasteiger partial charge on any atom is -0.481 e. The molecule has 6 nitrogen and oxygen atoms in total. The van der Waals surface area contributed by atoms with Gasteiger partial charge in [0.05, 0.1) is 23.1 Å². The average molecular weight is 395 g/mol. The Hall–Kier alpha value is -1.99. The van der Waals surface area contributed by atoms with Gasteiger partial charge in [0, 0.05) is 23.7 Å². The lowest BCUT2D eigenvalue weighted by Crippen LogP contribution is -2.35. The normalized spacial score (nSPS) is 18.1. The molecule has 1 saturated heterocycles. The van der Waals surface area contributed by atoms with Crippen molar-refractivity contribution in [1.29, 1.82) is 0 Å². The Morgan fingerprint density at radius 1 is 1.42 bits per heavy atom. The van der Waals surface area contributed by atoms with E-state index in [0.29, 0.717) is 41.9 Å². The van der Waals surface area contributed by atoms with Crippen LogP contribution in [-0.4, -0.2) is 45.2 Å². The van der Waals surface area contributed by atoms with E-state index < -0.39 is 11.9 Å². The first kappa shape index (κ1) is 18.8. The molecule has 26 heavy (non-hydrogen) atoms. The van der Waals surface area contributed by atoms with E-state index in [1.165, 1.54) is 11.8 Å². The third-order valence-electron chi connectivity index (χ3n) is 4.34. The van der Waals surface area contributed by atoms with Crippen LogP contribution in [-0.2, 0) is 15.3 Å². The van der Waals surface area contributed by atoms with Crippen molar-refractivity contribution in [2.45, 2.75) is 24.3 Å². The molecule has 1 aliphatic rings. The first-order chi connectivity index (χ1) is 12.4. The molecule has 1 aliphatic heterocycles. The number of hydrogen-bond acceptors (Lipinski definition) is 5. The number of nitrogens with zero attached hydrogens (tertiary/aromatic N) is 2. The van der Waals surface area contributed by atoms with Crippen molar-refractivity contribution in [3.05, 3.63) is 41.4 Å². The van der Waals surface area contributed by atoms with Crippen molar-refractivity contribution in [3.63, 3.8) is 0 Å². The maximum Gasteiger partial charge on any atom is 0.308 e. The van der Waals surface area contributed by atoms with E-state index in [4.69, 9.17) is 21.1 Å². The van der Waals surface area contributed by atoms with Gasteiger partial charge in [-0.05, 0) is 37.6 Å². The minimum absolute atomic E-state index is 0.0387. The molecule has 1 aromatic heterocycles. The van der Waals surface area contributed by atoms with Gasteiger partial charge >= 0.3 is 5.97 Å². The molecule has 1 amide bonds. The number of carboxylic acid groups (broad SMARTS) is 1. The quantitative estimate of drug-likeness (QED) is 0.806. The fourth-order valence-electron chi connectivity index (χ4n) is 2.81. The molecule has 0 spiro atoms. The smallest absolute Gasteiger partial charge is 0.308 e. The van der Waals surface area contributed by atoms with Crippen LogP contribution in [0.1, 0.15) is 19.2 Å². The maximum absolute atomic E-state index is 12.4. The van der Waals surface area contributed by atoms with E-state index in [1.54, 1.807) is 23.2 Å². The number of likely N-dealkylation sites (tertiary alicyclic amines) is 1. The SMILES string of the molecule is CC(SCc1ncc(-c2ccc(Cl)cc2)o1)C(=O)N1CCC(C(=O)O)C1. The number of aromatic nitrogens is 1. The molecule has 8 heteroatoms. The highest BCUT2D eigenvalue weighted by Gasteiger charge is 2.32. The largest absolute Gasteiger partial charge is 0.481 e. The number of carbonyl (C=O) groups is 2. The summed E-state index contributed by atoms with van der Waals surface area (Å²) in [5, 5.41) is 9.42. The molecule has 0 saturated carbocycles. The Morgan fingerprint density at radius 3 is 2.81 bits per heavy atom. The number of carbonyl (C=O) groups excluding carboxylic acids is 1. The molecule has 2 aromatic rings. The number of amides is 1. The van der Waals surface area contributed by atoms with Gasteiger partial charge in [-0.25, -0.2) is 4.98 Å². The minimum atomic E-state index is -0.838. The number of oxazole rings is 1. The summed E-state index contributed by atoms with van der Waals surface area (Å²) < 4.78 is 5.74. The Balaban J connectivity index is 1.53. The van der Waals surface area contributed by atoms with Gasteiger partial charge in [-0.1, -0.05) is 11.6 Å². The first-order valence-corrected chi connectivity index (χ1v) is 9.70. The highest BCUT2D eigenvalue weighted by atomic mass is 35.5. The van der Waals surface area contributed by atoms with E-state index in [1.807, 2.05) is 19.1 Å². The lowest BCUT2D eigenvalue weighted by molar-refractivity contribution is -0.141. The first-order valence-electron chi connectivity index (χ1n) is 8.28. The summed E-state index contributed by atoms with van der Waals surface area (Å²) in [6.07, 6.45) is 2.17. The zero-order valence-corrected chi connectivity index (χ0v) is 15.8. The van der Waals surface area contributed by atoms with Crippen LogP contribution in [0.5, 0.6) is 0 Å². The van der Waals surface area contributed by atoms with Gasteiger partial charge in [-0.3, -0.25) is 9.59 Å². The highest BCUT2D eigenvalue weighted by molar-refractivity contribution is 7.99. The lowest BCUT2D eigenvalue weighted by atomic mass is 10.1. The van der Waals surface area contributed by atoms with Crippen LogP contribution in [0.2, 0.25) is 5.02 Å². The second-order valence-electron chi connectivity index (χ2n) is 6.19. The molecule has 2 heterocycles. The molecule has 1 aromatic carbocycles. The molecule has 0 bridgehead atoms. The van der Waals surface area contributed by atoms with Gasteiger partial charge < -0.3 is 14.4 Å². The van der Waals surface area contributed by atoms with E-state index >= 15 is 0 Å². The zero-order valence-electron chi connectivity index (χ0n) is 14.2. The standard InChI is InChI=1S/C18H19ClN2O4S/c1-11(17(22)21-7-6-13(9-21)18(23)24)26-10-16-20-8-15(25-16)12-2-4-14(19)5-3-12/h2-5,8,11,13H,6-7,9-10H2,1H3,(H,23,24). The highest BCUT2D eigenvalue weighted by Crippen LogP contribution is 2.26. The lowest BCUT2D eigenvalue weighted by Gasteiger charge is -2.19. The van der Waals surface area contributed by atoms with Crippen LogP contribution < -0.4 is 0 Å². The van der Waals surface area contributed by atoms with Gasteiger partial charge in [-0.15, -0.1) is 11.8 Å². The summed E-state index contributed by atoms with van der Waals surface area (Å²) in [5.74, 6) is 0.337. The molecule has 0 aliphatic carbocycles. The van der Waals surface area contributed by atoms with E-state index in [0.717, 1.165) is 5.56 Å². The summed E-state index contributed by atoms with van der Waals surface area (Å²) in [5.41, 5.74) is 0.888. The van der Waals surface area contributed by atoms with Gasteiger partial charge in [0.25, 0.3) is 0 Å². The van der Waals surface area contributed by atoms with Crippen LogP contribution >= 0.6 is 23.4 Å². The average Bonchev–Trinajstić information content (AvgIpc) is 3.29. The maximum atomic E-state index is 12.4. The fraction of sp³-hybridized carbons (Fsp3) is 0.389. The Bertz CT molecular complexity index is 793. The monoisotopic (exact) mass is 394 g/mol. The predicted molar refractivity (Wildman–Crippen MR) is 100 cm³/mol. The summed E-state index contributed by atoms with van der Waals surface area (Å²) in [4.78, 5) is 29.3. The second-order valence-corrected chi connectivity index (χ2v) is 7.95. The number of benzene rings is 1. The Kier molecular flexibility index (Phi) is 5.88. The van der Waals surface area contributed by atoms with Crippen molar-refractivity contribution < 1.29 is 19.1 Å². The summed E-state index contributed by atoms with van der Waals surface area (Å²) in [6, 6.07) is 7.29. The number of aliphatic carboxylic acids is 1. The number of hydrogen-bond donors (Lipinski definition) is 1. The number of thioether (sulfide) groups is 1. The summed E-state index contributed by atoms with van der Waals surface area (Å²) in [7, 11) is 0. The van der Waals surface area contributed by atoms with Crippen LogP contribution in [0.25, 0.3) is 11.3 Å². The molecular formula is C18H19ClN2O4S. The molecular weight excluding hydrogens is 376 g/mol. The van der Waals surface area contributed by atoms with Crippen LogP contribution in [0.15, 0.2) is 34.9 Å². The van der Waals surface area contributed by atoms with Gasteiger partial charge in [0.2, 0.25) is 11.8 Å². The molecule has 2 unspecified atom stereocenters. The van der Waals surface area contributed by atoms with Crippen molar-refractivity contribution >= 4 is 35.2 Å². The topological polar surface area (TPSA) is 83.6 Å². The number of halogens is 1. The van der Waals surface area contributed by atoms with Crippen molar-refractivity contribution in [1.82, 2.24) is 9.88 Å². The van der Waals surface area contributed by atoms with Crippen molar-refractivity contribution in [3.8, 4) is 11.3 Å². The summed E-state index contributed by atoms with van der Waals surface area (Å²) >= 11 is 7.31. The molecule has 1 N–H and O–H groups in total. The number of carboxylic acids is 1. The molecule has 2 atom stereocenters. The Morgan fingerprint density at radius 2 is 2.15 bits per heavy atom. The van der Waals surface area contributed by atoms with Crippen molar-refractivity contribution in [2.75, 3.05) is 13.1 Å². The summed E-state index contributed by atoms with van der Waals surface area (Å²) in [6.45, 7) is 2.61. The second kappa shape index (κ2) is 8.14. The van der Waals surface area contributed by atoms with Crippen LogP contribution in [0, 0.1) is 5.92 Å². The van der Waals surface area contributed by atoms with E-state index in [2.05, 4.69) is 4.98 Å². The van der Waals surface area contributed by atoms with E-state index in [9.17, 15) is 9.59 Å². The fourth-order valence-corrected chi connectivity index (χ4v) is 3.75. The van der Waals surface area contributed by atoms with Gasteiger partial charge in [0.1, 0.15) is 0 Å². The Labute approximate surface area is 160 Å². The van der Waals surface area contributed by atoms with Gasteiger partial charge in [-0.2, -0.15) is 0 Å². The van der Waals surface area contributed by atoms with E-state index in [-0.39, 0.29) is 11.2 Å². The third-order valence-corrected chi connectivity index (χ3v) is 5.70. The third kappa shape index (κ3) is 4.40. The van der Waals surface area contributed by atoms with Crippen LogP contribution in [0.3, 0.4) is 0 Å². The molecule has 1 fully saturated rings. The molecule has 0 radical (unpaired) electrons. The number of rotatable bonds is 6. The predicted octanol–water partition coefficient (Wildman–Crippen LogP) is 3.55. The van der Waals surface area contributed by atoms with Gasteiger partial charge in [0.15, 0.2) is 5.76 Å². The van der Waals surface area contributed by atoms with Crippen LogP contribution in [0.4, 0.5) is 0 Å². The molecule has 3 rings (SSSR count). The zero-order chi connectivity index (χ0) is 18.7.